The number of halogens is 1. The largest absolute Gasteiger partial charge is 0.358 e. The fourth-order valence-electron chi connectivity index (χ4n) is 3.52. The third kappa shape index (κ3) is 3.35. The van der Waals surface area contributed by atoms with Gasteiger partial charge in [0.25, 0.3) is 5.56 Å². The third-order valence-electron chi connectivity index (χ3n) is 5.00. The van der Waals surface area contributed by atoms with E-state index in [0.717, 1.165) is 36.6 Å². The molecule has 1 N–H and O–H groups in total. The van der Waals surface area contributed by atoms with E-state index < -0.39 is 5.82 Å². The number of hydrogen-bond donors (Lipinski definition) is 1. The van der Waals surface area contributed by atoms with Crippen molar-refractivity contribution in [1.82, 2.24) is 14.9 Å². The van der Waals surface area contributed by atoms with Gasteiger partial charge in [-0.25, -0.2) is 9.37 Å². The van der Waals surface area contributed by atoms with Crippen LogP contribution in [0.3, 0.4) is 0 Å². The molecule has 0 saturated heterocycles. The number of aromatic nitrogens is 2. The first-order chi connectivity index (χ1) is 13.5. The standard InChI is InChI=1S/C20H20FN3O2S2/c1-11-7-8-12-15(9-11)28-18-17(12)19(26)24(14-6-4-3-5-13(14)21)20(23-18)27-10-16(25)22-2/h3-6,11H,7-10H2,1-2H3,(H,22,25). The van der Waals surface area contributed by atoms with Crippen LogP contribution in [-0.4, -0.2) is 28.3 Å². The Bertz CT molecular complexity index is 1120. The smallest absolute Gasteiger partial charge is 0.267 e. The third-order valence-corrected chi connectivity index (χ3v) is 7.09. The van der Waals surface area contributed by atoms with Gasteiger partial charge in [0.1, 0.15) is 10.6 Å². The van der Waals surface area contributed by atoms with Crippen LogP contribution in [0.25, 0.3) is 15.9 Å². The van der Waals surface area contributed by atoms with Gasteiger partial charge in [-0.1, -0.05) is 30.8 Å². The minimum Gasteiger partial charge on any atom is -0.358 e. The fourth-order valence-corrected chi connectivity index (χ4v) is 5.82. The molecule has 8 heteroatoms. The molecule has 1 amide bonds. The summed E-state index contributed by atoms with van der Waals surface area (Å²) in [6.07, 6.45) is 2.82. The maximum Gasteiger partial charge on any atom is 0.267 e. The molecule has 0 saturated carbocycles. The topological polar surface area (TPSA) is 64.0 Å². The Balaban J connectivity index is 1.95. The van der Waals surface area contributed by atoms with E-state index in [9.17, 15) is 14.0 Å². The Morgan fingerprint density at radius 1 is 1.43 bits per heavy atom. The van der Waals surface area contributed by atoms with Crippen LogP contribution in [0.4, 0.5) is 4.39 Å². The van der Waals surface area contributed by atoms with Crippen molar-refractivity contribution in [1.29, 1.82) is 0 Å². The number of nitrogens with zero attached hydrogens (tertiary/aromatic N) is 2. The van der Waals surface area contributed by atoms with E-state index in [4.69, 9.17) is 0 Å². The number of para-hydroxylation sites is 1. The number of fused-ring (bicyclic) bond motifs is 3. The summed E-state index contributed by atoms with van der Waals surface area (Å²) in [7, 11) is 1.55. The molecule has 0 radical (unpaired) electrons. The first kappa shape index (κ1) is 19.1. The monoisotopic (exact) mass is 417 g/mol. The molecule has 146 valence electrons. The summed E-state index contributed by atoms with van der Waals surface area (Å²) in [5.41, 5.74) is 0.954. The van der Waals surface area contributed by atoms with Gasteiger partial charge < -0.3 is 5.32 Å². The van der Waals surface area contributed by atoms with Gasteiger partial charge >= 0.3 is 0 Å². The van der Waals surface area contributed by atoms with Crippen LogP contribution in [-0.2, 0) is 17.6 Å². The summed E-state index contributed by atoms with van der Waals surface area (Å²) in [5.74, 6) is 0.00539. The highest BCUT2D eigenvalue weighted by molar-refractivity contribution is 7.99. The molecule has 1 aliphatic carbocycles. The van der Waals surface area contributed by atoms with Crippen molar-refractivity contribution in [3.8, 4) is 5.69 Å². The van der Waals surface area contributed by atoms with E-state index in [1.165, 1.54) is 15.5 Å². The van der Waals surface area contributed by atoms with Crippen molar-refractivity contribution in [2.75, 3.05) is 12.8 Å². The van der Waals surface area contributed by atoms with Gasteiger partial charge in [-0.3, -0.25) is 14.2 Å². The molecule has 0 spiro atoms. The van der Waals surface area contributed by atoms with Crippen LogP contribution < -0.4 is 10.9 Å². The number of carbonyl (C=O) groups excluding carboxylic acids is 1. The summed E-state index contributed by atoms with van der Waals surface area (Å²) in [5, 5.41) is 3.48. The summed E-state index contributed by atoms with van der Waals surface area (Å²) in [4.78, 5) is 31.8. The number of rotatable bonds is 4. The van der Waals surface area contributed by atoms with Crippen LogP contribution in [0.15, 0.2) is 34.2 Å². The first-order valence-electron chi connectivity index (χ1n) is 9.15. The zero-order valence-electron chi connectivity index (χ0n) is 15.6. The molecule has 1 unspecified atom stereocenters. The van der Waals surface area contributed by atoms with Gasteiger partial charge in [0.15, 0.2) is 5.16 Å². The maximum absolute atomic E-state index is 14.5. The molecular weight excluding hydrogens is 397 g/mol. The second-order valence-corrected chi connectivity index (χ2v) is 9.01. The molecular formula is C20H20FN3O2S2. The molecule has 28 heavy (non-hydrogen) atoms. The Labute approximate surface area is 170 Å². The van der Waals surface area contributed by atoms with E-state index in [2.05, 4.69) is 17.2 Å². The zero-order valence-corrected chi connectivity index (χ0v) is 17.3. The Morgan fingerprint density at radius 3 is 2.96 bits per heavy atom. The van der Waals surface area contributed by atoms with Gasteiger partial charge in [-0.05, 0) is 42.9 Å². The van der Waals surface area contributed by atoms with Gasteiger partial charge in [-0.15, -0.1) is 11.3 Å². The van der Waals surface area contributed by atoms with Crippen molar-refractivity contribution >= 4 is 39.2 Å². The second-order valence-electron chi connectivity index (χ2n) is 6.98. The Kier molecular flexibility index (Phi) is 5.25. The fraction of sp³-hybridized carbons (Fsp3) is 0.350. The molecule has 1 aromatic carbocycles. The molecule has 0 fully saturated rings. The van der Waals surface area contributed by atoms with Crippen LogP contribution in [0.1, 0.15) is 23.8 Å². The van der Waals surface area contributed by atoms with Gasteiger partial charge in [0.2, 0.25) is 5.91 Å². The highest BCUT2D eigenvalue weighted by atomic mass is 32.2. The van der Waals surface area contributed by atoms with Gasteiger partial charge in [-0.2, -0.15) is 0 Å². The van der Waals surface area contributed by atoms with Crippen LogP contribution >= 0.6 is 23.1 Å². The minimum atomic E-state index is -0.495. The quantitative estimate of drug-likeness (QED) is 0.521. The lowest BCUT2D eigenvalue weighted by Crippen LogP contribution is -2.25. The lowest BCUT2D eigenvalue weighted by Gasteiger charge is -2.18. The first-order valence-corrected chi connectivity index (χ1v) is 11.0. The van der Waals surface area contributed by atoms with E-state index >= 15 is 0 Å². The normalized spacial score (nSPS) is 16.2. The Morgan fingerprint density at radius 2 is 2.21 bits per heavy atom. The number of aryl methyl sites for hydroxylation is 1. The highest BCUT2D eigenvalue weighted by Gasteiger charge is 2.26. The van der Waals surface area contributed by atoms with Crippen molar-refractivity contribution in [3.63, 3.8) is 0 Å². The second kappa shape index (κ2) is 7.67. The SMILES string of the molecule is CNC(=O)CSc1nc2sc3c(c2c(=O)n1-c1ccccc1F)CCC(C)C3. The number of nitrogens with one attached hydrogen (secondary N) is 1. The predicted molar refractivity (Wildman–Crippen MR) is 111 cm³/mol. The minimum absolute atomic E-state index is 0.102. The summed E-state index contributed by atoms with van der Waals surface area (Å²) >= 11 is 2.69. The van der Waals surface area contributed by atoms with Crippen molar-refractivity contribution < 1.29 is 9.18 Å². The molecule has 4 rings (SSSR count). The van der Waals surface area contributed by atoms with Crippen molar-refractivity contribution in [2.45, 2.75) is 31.3 Å². The molecule has 3 aromatic rings. The molecule has 1 atom stereocenters. The lowest BCUT2D eigenvalue weighted by atomic mass is 9.89. The van der Waals surface area contributed by atoms with Crippen LogP contribution in [0.2, 0.25) is 0 Å². The summed E-state index contributed by atoms with van der Waals surface area (Å²) < 4.78 is 15.9. The highest BCUT2D eigenvalue weighted by Crippen LogP contribution is 2.37. The van der Waals surface area contributed by atoms with Crippen LogP contribution in [0, 0.1) is 11.7 Å². The summed E-state index contributed by atoms with van der Waals surface area (Å²) in [6.45, 7) is 2.21. The average molecular weight is 418 g/mol. The number of benzene rings is 1. The number of carbonyl (C=O) groups is 1. The Hall–Kier alpha value is -2.19. The maximum atomic E-state index is 14.5. The number of thioether (sulfide) groups is 1. The van der Waals surface area contributed by atoms with E-state index in [1.807, 2.05) is 0 Å². The molecule has 0 bridgehead atoms. The van der Waals surface area contributed by atoms with Crippen molar-refractivity contribution in [3.05, 3.63) is 50.9 Å². The molecule has 5 nitrogen and oxygen atoms in total. The predicted octanol–water partition coefficient (Wildman–Crippen LogP) is 3.55. The number of thiophene rings is 1. The zero-order chi connectivity index (χ0) is 19.8. The van der Waals surface area contributed by atoms with Gasteiger partial charge in [0, 0.05) is 11.9 Å². The molecule has 2 aromatic heterocycles. The van der Waals surface area contributed by atoms with Crippen LogP contribution in [0.5, 0.6) is 0 Å². The number of hydrogen-bond acceptors (Lipinski definition) is 5. The van der Waals surface area contributed by atoms with Gasteiger partial charge in [0.05, 0.1) is 16.8 Å². The lowest BCUT2D eigenvalue weighted by molar-refractivity contribution is -0.118. The average Bonchev–Trinajstić information content (AvgIpc) is 3.04. The molecule has 1 aliphatic rings. The molecule has 0 aliphatic heterocycles. The van der Waals surface area contributed by atoms with E-state index in [0.29, 0.717) is 21.3 Å². The van der Waals surface area contributed by atoms with E-state index in [-0.39, 0.29) is 22.9 Å². The van der Waals surface area contributed by atoms with E-state index in [1.54, 1.807) is 36.6 Å². The molecule has 2 heterocycles. The van der Waals surface area contributed by atoms with Crippen molar-refractivity contribution in [2.24, 2.45) is 5.92 Å². The number of amides is 1. The summed E-state index contributed by atoms with van der Waals surface area (Å²) in [6, 6.07) is 6.16.